The molecule has 0 unspecified atom stereocenters. The summed E-state index contributed by atoms with van der Waals surface area (Å²) >= 11 is 0. The molecule has 0 aliphatic rings. The molecule has 0 amide bonds. The minimum absolute atomic E-state index is 0. The average Bonchev–Trinajstić information content (AvgIpc) is 1.49. The van der Waals surface area contributed by atoms with E-state index in [1.165, 1.54) is 66.0 Å². The third-order valence-electron chi connectivity index (χ3n) is 16.1. The third kappa shape index (κ3) is 16.8. The van der Waals surface area contributed by atoms with Crippen LogP contribution < -0.4 is 0 Å². The summed E-state index contributed by atoms with van der Waals surface area (Å²) in [6.07, 6.45) is 15.9. The van der Waals surface area contributed by atoms with E-state index in [-0.39, 0.29) is 112 Å². The van der Waals surface area contributed by atoms with Crippen molar-refractivity contribution >= 4 is 54.6 Å². The zero-order chi connectivity index (χ0) is 64.8. The van der Waals surface area contributed by atoms with Crippen molar-refractivity contribution in [2.45, 2.75) is 60.8 Å². The van der Waals surface area contributed by atoms with Crippen LogP contribution in [0.25, 0.3) is 111 Å². The molecule has 8 aromatic carbocycles. The van der Waals surface area contributed by atoms with Crippen LogP contribution in [0.5, 0.6) is 0 Å². The van der Waals surface area contributed by atoms with E-state index >= 15 is 0 Å². The van der Waals surface area contributed by atoms with Crippen molar-refractivity contribution in [1.29, 1.82) is 0 Å². The Kier molecular flexibility index (Phi) is 27.3. The second kappa shape index (κ2) is 34.6. The van der Waals surface area contributed by atoms with Crippen molar-refractivity contribution in [2.75, 3.05) is 0 Å². The van der Waals surface area contributed by atoms with Crippen LogP contribution >= 0.6 is 0 Å². The van der Waals surface area contributed by atoms with E-state index in [1.54, 1.807) is 24.7 Å². The van der Waals surface area contributed by atoms with Gasteiger partial charge in [0.1, 0.15) is 0 Å². The summed E-state index contributed by atoms with van der Waals surface area (Å²) in [5, 5.41) is 7.03. The number of halogens is 2. The van der Waals surface area contributed by atoms with E-state index in [9.17, 15) is 8.78 Å². The molecule has 0 N–H and O–H groups in total. The molecule has 0 aliphatic carbocycles. The fourth-order valence-electron chi connectivity index (χ4n) is 11.6. The van der Waals surface area contributed by atoms with E-state index in [4.69, 9.17) is 4.98 Å². The van der Waals surface area contributed by atoms with Gasteiger partial charge in [-0.2, -0.15) is 0 Å². The largest absolute Gasteiger partial charge is 0.367 e. The monoisotopic (exact) mass is 2180 g/mol. The summed E-state index contributed by atoms with van der Waals surface area (Å²) in [7, 11) is 2.06. The number of aromatic nitrogens is 10. The van der Waals surface area contributed by atoms with Crippen molar-refractivity contribution in [3.8, 4) is 56.4 Å². The SMILES string of the molecule is CC(C)(C)c1n[c-]c(-c2ccccn2)cn1.Cc1cccc(C)c1-c1cnc(-c2[c-]cccc2)n1C.Cc1cccc(C)c1-c1cnc2c3[c-]cccc3c3ccccc3n12.Cc1ccnc(-c2[c-]cc(F)cc2F)c1.[Ir].[Ir].[Ir].[Ir].[Ir].[c-]1cccc2c1c1nccn1c1ccccc21. The topological polar surface area (TPSA) is 104 Å². The molecule has 5 radical (unpaired) electrons. The van der Waals surface area contributed by atoms with Gasteiger partial charge in [-0.3, -0.25) is 23.7 Å². The first-order valence-corrected chi connectivity index (χ1v) is 30.5. The van der Waals surface area contributed by atoms with Crippen molar-refractivity contribution in [3.63, 3.8) is 0 Å². The van der Waals surface area contributed by atoms with Crippen LogP contribution in [0, 0.1) is 76.7 Å². The number of hydrogen-bond donors (Lipinski definition) is 0. The number of pyridine rings is 4. The molecule has 16 rings (SSSR count). The molecule has 0 saturated heterocycles. The maximum absolute atomic E-state index is 13.4. The minimum Gasteiger partial charge on any atom is -0.367 e. The van der Waals surface area contributed by atoms with Crippen LogP contribution in [0.2, 0.25) is 0 Å². The van der Waals surface area contributed by atoms with E-state index < -0.39 is 11.6 Å². The van der Waals surface area contributed by atoms with Gasteiger partial charge in [-0.05, 0) is 115 Å². The van der Waals surface area contributed by atoms with Gasteiger partial charge < -0.3 is 33.3 Å². The van der Waals surface area contributed by atoms with Gasteiger partial charge in [0, 0.05) is 184 Å². The molecule has 0 spiro atoms. The maximum Gasteiger partial charge on any atom is 0.0639 e. The maximum atomic E-state index is 13.4. The predicted octanol–water partition coefficient (Wildman–Crippen LogP) is 19.1. The van der Waals surface area contributed by atoms with Crippen molar-refractivity contribution < 1.29 is 109 Å². The zero-order valence-electron chi connectivity index (χ0n) is 54.8. The van der Waals surface area contributed by atoms with E-state index in [1.807, 2.05) is 105 Å². The normalized spacial score (nSPS) is 10.6. The first kappa shape index (κ1) is 77.2. The number of hydrogen-bond acceptors (Lipinski definition) is 7. The van der Waals surface area contributed by atoms with E-state index in [0.717, 1.165) is 79.6 Å². The molecule has 16 aromatic rings. The molecule has 0 aliphatic heterocycles. The molecule has 17 heteroatoms. The molecule has 10 nitrogen and oxygen atoms in total. The Hall–Kier alpha value is -8.12. The minimum atomic E-state index is -0.645. The Balaban J connectivity index is 0.000000172. The Morgan fingerprint density at radius 3 is 1.61 bits per heavy atom. The average molecular weight is 2180 g/mol. The molecule has 0 atom stereocenters. The van der Waals surface area contributed by atoms with Crippen LogP contribution in [-0.4, -0.2) is 48.3 Å². The van der Waals surface area contributed by atoms with Crippen molar-refractivity contribution in [1.82, 2.24) is 48.3 Å². The Morgan fingerprint density at radius 2 is 1.02 bits per heavy atom. The number of imidazole rings is 3. The van der Waals surface area contributed by atoms with E-state index in [0.29, 0.717) is 5.69 Å². The molecule has 8 aromatic heterocycles. The molecular weight excluding hydrogens is 2110 g/mol. The van der Waals surface area contributed by atoms with Gasteiger partial charge in [0.2, 0.25) is 0 Å². The summed E-state index contributed by atoms with van der Waals surface area (Å²) < 4.78 is 32.5. The standard InChI is InChI=1S/C23H17N2.C18H17N2.C15H9N2.C13H14N3.C12H8F2N.5Ir/c1-15-8-7-9-16(2)22(15)21-14-24-23-19-12-4-3-10-17(19)18-11-5-6-13-20(18)25(21)23;1-13-8-7-9-14(2)17(13)16-12-19-18(20(16)3)15-10-5-4-6-11-15;1-2-7-13-11(5-1)12-6-3-4-8-14(12)17-10-9-16-15(13)17;1-13(2,3)12-15-8-10(9-16-12)11-6-4-5-7-14-11;1-8-4-5-15-12(6-8)10-3-2-9(13)7-11(10)14;;;;;/h3-11,13-14H,1-2H3;4-10,12H,1-3H3;1-6,8-10H;4-8H,1-3H3;2,4-7H,1H3;;;;;/q5*-1;;;;;. The summed E-state index contributed by atoms with van der Waals surface area (Å²) in [4.78, 5) is 30.6. The molecular formula is C81H65F2Ir5N10-5. The second-order valence-electron chi connectivity index (χ2n) is 23.7. The molecule has 0 saturated carbocycles. The first-order valence-electron chi connectivity index (χ1n) is 30.5. The third-order valence-corrected chi connectivity index (χ3v) is 16.1. The summed E-state index contributed by atoms with van der Waals surface area (Å²) in [5.41, 5.74) is 18.5. The number of rotatable bonds is 5. The smallest absolute Gasteiger partial charge is 0.0639 e. The number of benzene rings is 8. The van der Waals surface area contributed by atoms with Gasteiger partial charge in [0.25, 0.3) is 0 Å². The van der Waals surface area contributed by atoms with Crippen LogP contribution in [0.15, 0.2) is 231 Å². The Bertz CT molecular complexity index is 5220. The van der Waals surface area contributed by atoms with Crippen molar-refractivity contribution in [3.05, 3.63) is 307 Å². The number of para-hydroxylation sites is 2. The fourth-order valence-corrected chi connectivity index (χ4v) is 11.6. The second-order valence-corrected chi connectivity index (χ2v) is 23.7. The summed E-state index contributed by atoms with van der Waals surface area (Å²) in [6, 6.07) is 73.6. The van der Waals surface area contributed by atoms with Crippen LogP contribution in [0.1, 0.15) is 54.4 Å². The van der Waals surface area contributed by atoms with Gasteiger partial charge in [-0.25, -0.2) is 0 Å². The van der Waals surface area contributed by atoms with Gasteiger partial charge in [-0.15, -0.1) is 107 Å². The molecule has 503 valence electrons. The van der Waals surface area contributed by atoms with Gasteiger partial charge in [-0.1, -0.05) is 151 Å². The summed E-state index contributed by atoms with van der Waals surface area (Å²) in [6.45, 7) is 16.7. The zero-order valence-corrected chi connectivity index (χ0v) is 66.8. The summed E-state index contributed by atoms with van der Waals surface area (Å²) in [5.74, 6) is 0.465. The number of nitrogens with zero attached hydrogens (tertiary/aromatic N) is 10. The van der Waals surface area contributed by atoms with Crippen LogP contribution in [-0.2, 0) is 113 Å². The number of fused-ring (bicyclic) bond motifs is 12. The van der Waals surface area contributed by atoms with E-state index in [2.05, 4.69) is 226 Å². The molecule has 8 heterocycles. The molecule has 0 bridgehead atoms. The van der Waals surface area contributed by atoms with Gasteiger partial charge in [0.15, 0.2) is 0 Å². The van der Waals surface area contributed by atoms with Crippen LogP contribution in [0.3, 0.4) is 0 Å². The van der Waals surface area contributed by atoms with Gasteiger partial charge >= 0.3 is 0 Å². The Morgan fingerprint density at radius 1 is 0.449 bits per heavy atom. The molecule has 0 fully saturated rings. The quantitative estimate of drug-likeness (QED) is 0.125. The van der Waals surface area contributed by atoms with Crippen LogP contribution in [0.4, 0.5) is 8.78 Å². The fraction of sp³-hybridized carbons (Fsp3) is 0.123. The predicted molar refractivity (Wildman–Crippen MR) is 371 cm³/mol. The van der Waals surface area contributed by atoms with Crippen molar-refractivity contribution in [2.24, 2.45) is 7.05 Å². The first-order chi connectivity index (χ1) is 45.1. The number of aryl methyl sites for hydroxylation is 5. The Labute approximate surface area is 637 Å². The molecule has 98 heavy (non-hydrogen) atoms. The van der Waals surface area contributed by atoms with Gasteiger partial charge in [0.05, 0.1) is 28.5 Å².